The number of methoxy groups -OCH3 is 4. The van der Waals surface area contributed by atoms with Crippen LogP contribution >= 0.6 is 23.5 Å². The lowest BCUT2D eigenvalue weighted by molar-refractivity contribution is 0.316. The number of hydrogen-bond donors (Lipinski definition) is 0. The minimum Gasteiger partial charge on any atom is -0.493 e. The topological polar surface area (TPSA) is 40.2 Å². The summed E-state index contributed by atoms with van der Waals surface area (Å²) in [6.07, 6.45) is 7.04. The lowest BCUT2D eigenvalue weighted by Gasteiger charge is -2.37. The Bertz CT molecular complexity index is 918. The minimum atomic E-state index is 0.103. The van der Waals surface area contributed by atoms with Crippen molar-refractivity contribution in [2.75, 3.05) is 60.1 Å². The molecule has 1 heterocycles. The Hall–Kier alpha value is -1.70. The maximum absolute atomic E-state index is 5.60. The molecule has 0 aliphatic carbocycles. The van der Waals surface area contributed by atoms with Gasteiger partial charge in [-0.1, -0.05) is 12.1 Å². The van der Waals surface area contributed by atoms with Crippen LogP contribution in [0.3, 0.4) is 0 Å². The Morgan fingerprint density at radius 3 is 2.00 bits per heavy atom. The predicted octanol–water partition coefficient (Wildman–Crippen LogP) is 6.48. The molecular formula is C28H41NO4S2. The Morgan fingerprint density at radius 1 is 0.743 bits per heavy atom. The van der Waals surface area contributed by atoms with Crippen molar-refractivity contribution in [2.24, 2.45) is 0 Å². The second-order valence-corrected chi connectivity index (χ2v) is 12.0. The van der Waals surface area contributed by atoms with Crippen LogP contribution in [0.4, 0.5) is 0 Å². The minimum absolute atomic E-state index is 0.103. The maximum atomic E-state index is 5.60. The van der Waals surface area contributed by atoms with Crippen molar-refractivity contribution in [1.29, 1.82) is 0 Å². The van der Waals surface area contributed by atoms with Gasteiger partial charge in [-0.3, -0.25) is 0 Å². The largest absolute Gasteiger partial charge is 0.493 e. The van der Waals surface area contributed by atoms with Crippen molar-refractivity contribution in [3.8, 4) is 23.0 Å². The highest BCUT2D eigenvalue weighted by Crippen LogP contribution is 2.54. The standard InChI is InChI=1S/C28H41NO4S2/c1-29(16-7-6-10-22-11-13-24(30-2)26(20-22)32-4)17-8-15-28(34-18-9-19-35-28)23-12-14-25(31-3)27(21-23)33-5/h11-14,20-21H,6-10,15-19H2,1-5H3. The number of hydrogen-bond acceptors (Lipinski definition) is 7. The van der Waals surface area contributed by atoms with Crippen LogP contribution in [0.2, 0.25) is 0 Å². The quantitative estimate of drug-likeness (QED) is 0.265. The molecule has 1 saturated heterocycles. The normalized spacial score (nSPS) is 15.1. The second kappa shape index (κ2) is 14.1. The van der Waals surface area contributed by atoms with E-state index in [4.69, 9.17) is 18.9 Å². The Balaban J connectivity index is 1.47. The van der Waals surface area contributed by atoms with Gasteiger partial charge in [0.2, 0.25) is 0 Å². The molecule has 5 nitrogen and oxygen atoms in total. The molecule has 35 heavy (non-hydrogen) atoms. The zero-order valence-corrected chi connectivity index (χ0v) is 23.6. The van der Waals surface area contributed by atoms with Gasteiger partial charge < -0.3 is 23.8 Å². The average molecular weight is 520 g/mol. The van der Waals surface area contributed by atoms with Crippen molar-refractivity contribution in [1.82, 2.24) is 4.90 Å². The number of aryl methyl sites for hydroxylation is 1. The molecule has 3 rings (SSSR count). The van der Waals surface area contributed by atoms with Gasteiger partial charge in [0.1, 0.15) is 0 Å². The van der Waals surface area contributed by atoms with E-state index in [0.29, 0.717) is 0 Å². The number of ether oxygens (including phenoxy) is 4. The van der Waals surface area contributed by atoms with Gasteiger partial charge in [-0.15, -0.1) is 23.5 Å². The van der Waals surface area contributed by atoms with Crippen molar-refractivity contribution in [3.05, 3.63) is 47.5 Å². The Labute approximate surface area is 220 Å². The van der Waals surface area contributed by atoms with Gasteiger partial charge in [-0.2, -0.15) is 0 Å². The van der Waals surface area contributed by atoms with E-state index in [1.165, 1.54) is 48.3 Å². The summed E-state index contributed by atoms with van der Waals surface area (Å²) in [6, 6.07) is 12.7. The van der Waals surface area contributed by atoms with Gasteiger partial charge in [-0.05, 0) is 106 Å². The summed E-state index contributed by atoms with van der Waals surface area (Å²) in [6.45, 7) is 2.24. The molecule has 1 aliphatic heterocycles. The molecule has 0 unspecified atom stereocenters. The van der Waals surface area contributed by atoms with Gasteiger partial charge in [-0.25, -0.2) is 0 Å². The molecule has 194 valence electrons. The van der Waals surface area contributed by atoms with E-state index in [2.05, 4.69) is 65.8 Å². The first-order valence-corrected chi connectivity index (χ1v) is 14.4. The number of unbranched alkanes of at least 4 members (excludes halogenated alkanes) is 1. The fraction of sp³-hybridized carbons (Fsp3) is 0.571. The van der Waals surface area contributed by atoms with E-state index < -0.39 is 0 Å². The van der Waals surface area contributed by atoms with Crippen LogP contribution in [0.15, 0.2) is 36.4 Å². The second-order valence-electron chi connectivity index (χ2n) is 8.93. The summed E-state index contributed by atoms with van der Waals surface area (Å²) in [5.41, 5.74) is 2.65. The lowest BCUT2D eigenvalue weighted by Crippen LogP contribution is -2.26. The van der Waals surface area contributed by atoms with Gasteiger partial charge in [0.05, 0.1) is 32.5 Å². The fourth-order valence-electron chi connectivity index (χ4n) is 4.54. The molecule has 0 aromatic heterocycles. The molecule has 2 aromatic carbocycles. The van der Waals surface area contributed by atoms with Crippen molar-refractivity contribution in [3.63, 3.8) is 0 Å². The molecule has 0 radical (unpaired) electrons. The highest BCUT2D eigenvalue weighted by molar-refractivity contribution is 8.18. The molecule has 0 bridgehead atoms. The summed E-state index contributed by atoms with van der Waals surface area (Å²) in [5.74, 6) is 5.65. The van der Waals surface area contributed by atoms with Gasteiger partial charge in [0.15, 0.2) is 23.0 Å². The van der Waals surface area contributed by atoms with Crippen molar-refractivity contribution < 1.29 is 18.9 Å². The van der Waals surface area contributed by atoms with Gasteiger partial charge >= 0.3 is 0 Å². The zero-order valence-electron chi connectivity index (χ0n) is 21.9. The first-order chi connectivity index (χ1) is 17.0. The third kappa shape index (κ3) is 7.64. The first kappa shape index (κ1) is 27.9. The summed E-state index contributed by atoms with van der Waals surface area (Å²) >= 11 is 4.20. The van der Waals surface area contributed by atoms with Crippen LogP contribution in [0.25, 0.3) is 0 Å². The van der Waals surface area contributed by atoms with Crippen molar-refractivity contribution >= 4 is 23.5 Å². The molecule has 0 saturated carbocycles. The molecule has 7 heteroatoms. The number of benzene rings is 2. The molecule has 1 fully saturated rings. The molecule has 0 spiro atoms. The molecule has 1 aliphatic rings. The number of nitrogens with zero attached hydrogens (tertiary/aromatic N) is 1. The average Bonchev–Trinajstić information content (AvgIpc) is 2.91. The van der Waals surface area contributed by atoms with Crippen LogP contribution in [-0.4, -0.2) is 65.0 Å². The van der Waals surface area contributed by atoms with E-state index in [0.717, 1.165) is 48.9 Å². The molecular weight excluding hydrogens is 478 g/mol. The third-order valence-corrected chi connectivity index (χ3v) is 10.0. The molecule has 0 atom stereocenters. The first-order valence-electron chi connectivity index (χ1n) is 12.4. The fourth-order valence-corrected chi connectivity index (χ4v) is 7.96. The Kier molecular flexibility index (Phi) is 11.3. The smallest absolute Gasteiger partial charge is 0.161 e. The maximum Gasteiger partial charge on any atom is 0.161 e. The number of thioether (sulfide) groups is 2. The lowest BCUT2D eigenvalue weighted by atomic mass is 10.1. The molecule has 0 N–H and O–H groups in total. The van der Waals surface area contributed by atoms with Crippen LogP contribution in [0, 0.1) is 0 Å². The highest BCUT2D eigenvalue weighted by atomic mass is 32.2. The summed E-state index contributed by atoms with van der Waals surface area (Å²) < 4.78 is 21.9. The monoisotopic (exact) mass is 519 g/mol. The van der Waals surface area contributed by atoms with Gasteiger partial charge in [0.25, 0.3) is 0 Å². The third-order valence-electron chi connectivity index (χ3n) is 6.53. The van der Waals surface area contributed by atoms with Crippen LogP contribution in [0.5, 0.6) is 23.0 Å². The molecule has 2 aromatic rings. The van der Waals surface area contributed by atoms with E-state index >= 15 is 0 Å². The van der Waals surface area contributed by atoms with E-state index in [1.807, 2.05) is 6.07 Å². The summed E-state index contributed by atoms with van der Waals surface area (Å²) in [4.78, 5) is 2.48. The highest BCUT2D eigenvalue weighted by Gasteiger charge is 2.36. The molecule has 0 amide bonds. The van der Waals surface area contributed by atoms with Crippen LogP contribution in [0.1, 0.15) is 43.2 Å². The van der Waals surface area contributed by atoms with E-state index in [9.17, 15) is 0 Å². The van der Waals surface area contributed by atoms with Crippen molar-refractivity contribution in [2.45, 2.75) is 42.6 Å². The van der Waals surface area contributed by atoms with E-state index in [-0.39, 0.29) is 4.08 Å². The summed E-state index contributed by atoms with van der Waals surface area (Å²) in [5, 5.41) is 0. The summed E-state index contributed by atoms with van der Waals surface area (Å²) in [7, 11) is 9.03. The van der Waals surface area contributed by atoms with Gasteiger partial charge in [0, 0.05) is 0 Å². The van der Waals surface area contributed by atoms with Crippen LogP contribution in [-0.2, 0) is 10.5 Å². The SMILES string of the molecule is COc1ccc(CCCCN(C)CCCC2(c3ccc(OC)c(OC)c3)SCCCS2)cc1OC. The van der Waals surface area contributed by atoms with E-state index in [1.54, 1.807) is 28.4 Å². The number of rotatable bonds is 14. The van der Waals surface area contributed by atoms with Crippen LogP contribution < -0.4 is 18.9 Å². The zero-order chi connectivity index (χ0) is 25.1. The predicted molar refractivity (Wildman–Crippen MR) is 150 cm³/mol. The Morgan fingerprint density at radius 2 is 1.34 bits per heavy atom.